The molecule has 42 heavy (non-hydrogen) atoms. The predicted molar refractivity (Wildman–Crippen MR) is 164 cm³/mol. The topological polar surface area (TPSA) is 57.2 Å². The first kappa shape index (κ1) is 27.7. The molecule has 1 saturated heterocycles. The lowest BCUT2D eigenvalue weighted by Crippen LogP contribution is -2.24. The van der Waals surface area contributed by atoms with E-state index in [0.717, 1.165) is 46.7 Å². The fraction of sp³-hybridized carbons (Fsp3) is 0.306. The van der Waals surface area contributed by atoms with Gasteiger partial charge in [0.25, 0.3) is 0 Å². The van der Waals surface area contributed by atoms with Gasteiger partial charge in [0.15, 0.2) is 11.5 Å². The van der Waals surface area contributed by atoms with Gasteiger partial charge in [-0.3, -0.25) is 4.79 Å². The van der Waals surface area contributed by atoms with Crippen molar-refractivity contribution in [3.8, 4) is 23.0 Å². The highest BCUT2D eigenvalue weighted by molar-refractivity contribution is 5.97. The van der Waals surface area contributed by atoms with Crippen LogP contribution >= 0.6 is 0 Å². The first-order valence-corrected chi connectivity index (χ1v) is 14.8. The van der Waals surface area contributed by atoms with Crippen molar-refractivity contribution in [3.05, 3.63) is 114 Å². The van der Waals surface area contributed by atoms with E-state index in [0.29, 0.717) is 37.7 Å². The number of carbonyl (C=O) groups is 1. The van der Waals surface area contributed by atoms with E-state index in [4.69, 9.17) is 18.9 Å². The number of methoxy groups -OCH3 is 1. The van der Waals surface area contributed by atoms with Crippen LogP contribution in [-0.2, 0) is 18.0 Å². The summed E-state index contributed by atoms with van der Waals surface area (Å²) in [5.74, 6) is 2.93. The molecule has 1 unspecified atom stereocenters. The Morgan fingerprint density at radius 3 is 1.95 bits per heavy atom. The number of rotatable bonds is 11. The molecule has 1 atom stereocenters. The summed E-state index contributed by atoms with van der Waals surface area (Å²) < 4.78 is 24.3. The summed E-state index contributed by atoms with van der Waals surface area (Å²) in [6.07, 6.45) is 5.18. The maximum atomic E-state index is 13.4. The molecule has 216 valence electrons. The third-order valence-electron chi connectivity index (χ3n) is 8.05. The summed E-state index contributed by atoms with van der Waals surface area (Å²) in [5, 5.41) is 0. The molecule has 0 radical (unpaired) electrons. The molecular weight excluding hydrogens is 526 g/mol. The number of anilines is 1. The normalized spacial score (nSPS) is 16.9. The Labute approximate surface area is 247 Å². The van der Waals surface area contributed by atoms with E-state index in [1.165, 1.54) is 12.8 Å². The van der Waals surface area contributed by atoms with Crippen LogP contribution < -0.4 is 23.8 Å². The summed E-state index contributed by atoms with van der Waals surface area (Å²) in [6, 6.07) is 31.9. The highest BCUT2D eigenvalue weighted by atomic mass is 16.5. The van der Waals surface area contributed by atoms with Crippen molar-refractivity contribution in [1.82, 2.24) is 0 Å². The van der Waals surface area contributed by atoms with Crippen molar-refractivity contribution >= 4 is 11.6 Å². The average molecular weight is 564 g/mol. The van der Waals surface area contributed by atoms with Crippen LogP contribution in [0, 0.1) is 0 Å². The fourth-order valence-corrected chi connectivity index (χ4v) is 5.77. The molecule has 4 aromatic rings. The van der Waals surface area contributed by atoms with Gasteiger partial charge in [0.2, 0.25) is 5.91 Å². The van der Waals surface area contributed by atoms with E-state index >= 15 is 0 Å². The SMILES string of the molecule is COc1ccc(C2CC(=O)N(c3cc(OCc4ccccc4)cc(OCc4ccccc4)c3)C2)cc1OC1CCCC1. The van der Waals surface area contributed by atoms with Crippen LogP contribution in [0.2, 0.25) is 0 Å². The van der Waals surface area contributed by atoms with Crippen LogP contribution in [0.3, 0.4) is 0 Å². The number of amides is 1. The number of benzene rings is 4. The monoisotopic (exact) mass is 563 g/mol. The van der Waals surface area contributed by atoms with Crippen LogP contribution in [0.15, 0.2) is 97.1 Å². The second-order valence-electron chi connectivity index (χ2n) is 11.1. The average Bonchev–Trinajstić information content (AvgIpc) is 3.69. The molecule has 6 heteroatoms. The smallest absolute Gasteiger partial charge is 0.227 e. The Kier molecular flexibility index (Phi) is 8.59. The van der Waals surface area contributed by atoms with Gasteiger partial charge >= 0.3 is 0 Å². The lowest BCUT2D eigenvalue weighted by atomic mass is 9.98. The molecule has 2 fully saturated rings. The second kappa shape index (κ2) is 13.0. The first-order valence-electron chi connectivity index (χ1n) is 14.8. The zero-order valence-corrected chi connectivity index (χ0v) is 24.0. The van der Waals surface area contributed by atoms with Crippen molar-refractivity contribution in [2.24, 2.45) is 0 Å². The molecule has 1 heterocycles. The summed E-state index contributed by atoms with van der Waals surface area (Å²) in [5.41, 5.74) is 3.99. The molecule has 0 aromatic heterocycles. The quantitative estimate of drug-likeness (QED) is 0.187. The molecule has 6 rings (SSSR count). The molecule has 2 aliphatic rings. The standard InChI is InChI=1S/C36H37NO5/c1-39-34-17-16-28(18-35(34)42-31-14-8-9-15-31)29-19-36(38)37(23-29)30-20-32(40-24-26-10-4-2-5-11-26)22-33(21-30)41-25-27-12-6-3-7-13-27/h2-7,10-13,16-18,20-22,29,31H,8-9,14-15,19,23-25H2,1H3. The highest BCUT2D eigenvalue weighted by Gasteiger charge is 2.33. The molecule has 1 aliphatic heterocycles. The third kappa shape index (κ3) is 6.71. The van der Waals surface area contributed by atoms with E-state index < -0.39 is 0 Å². The molecule has 0 spiro atoms. The zero-order valence-electron chi connectivity index (χ0n) is 24.0. The number of hydrogen-bond donors (Lipinski definition) is 0. The molecule has 0 N–H and O–H groups in total. The van der Waals surface area contributed by atoms with Crippen molar-refractivity contribution in [3.63, 3.8) is 0 Å². The maximum Gasteiger partial charge on any atom is 0.227 e. The van der Waals surface area contributed by atoms with Crippen LogP contribution in [0.25, 0.3) is 0 Å². The van der Waals surface area contributed by atoms with Crippen LogP contribution in [0.4, 0.5) is 5.69 Å². The van der Waals surface area contributed by atoms with Gasteiger partial charge in [0.05, 0.1) is 18.9 Å². The van der Waals surface area contributed by atoms with Crippen molar-refractivity contribution < 1.29 is 23.7 Å². The summed E-state index contributed by atoms with van der Waals surface area (Å²) in [7, 11) is 1.67. The minimum absolute atomic E-state index is 0.0388. The van der Waals surface area contributed by atoms with Gasteiger partial charge in [-0.15, -0.1) is 0 Å². The molecular formula is C36H37NO5. The van der Waals surface area contributed by atoms with Crippen LogP contribution in [0.5, 0.6) is 23.0 Å². The number of nitrogens with zero attached hydrogens (tertiary/aromatic N) is 1. The second-order valence-corrected chi connectivity index (χ2v) is 11.1. The molecule has 6 nitrogen and oxygen atoms in total. The molecule has 1 amide bonds. The first-order chi connectivity index (χ1) is 20.6. The van der Waals surface area contributed by atoms with Gasteiger partial charge in [-0.2, -0.15) is 0 Å². The van der Waals surface area contributed by atoms with Gasteiger partial charge in [-0.25, -0.2) is 0 Å². The lowest BCUT2D eigenvalue weighted by molar-refractivity contribution is -0.117. The van der Waals surface area contributed by atoms with Crippen molar-refractivity contribution in [2.75, 3.05) is 18.6 Å². The Morgan fingerprint density at radius 2 is 1.36 bits per heavy atom. The summed E-state index contributed by atoms with van der Waals surface area (Å²) in [4.78, 5) is 15.3. The van der Waals surface area contributed by atoms with E-state index in [2.05, 4.69) is 12.1 Å². The van der Waals surface area contributed by atoms with Crippen molar-refractivity contribution in [2.45, 2.75) is 57.3 Å². The molecule has 1 aliphatic carbocycles. The van der Waals surface area contributed by atoms with E-state index in [1.54, 1.807) is 7.11 Å². The Bertz CT molecular complexity index is 1420. The Morgan fingerprint density at radius 1 is 0.738 bits per heavy atom. The lowest BCUT2D eigenvalue weighted by Gasteiger charge is -2.21. The Balaban J connectivity index is 1.22. The van der Waals surface area contributed by atoms with E-state index in [-0.39, 0.29) is 17.9 Å². The van der Waals surface area contributed by atoms with Gasteiger partial charge in [0.1, 0.15) is 24.7 Å². The molecule has 0 bridgehead atoms. The largest absolute Gasteiger partial charge is 0.493 e. The van der Waals surface area contributed by atoms with Crippen LogP contribution in [0.1, 0.15) is 54.7 Å². The van der Waals surface area contributed by atoms with Gasteiger partial charge < -0.3 is 23.8 Å². The number of hydrogen-bond acceptors (Lipinski definition) is 5. The van der Waals surface area contributed by atoms with E-state index in [1.807, 2.05) is 89.8 Å². The highest BCUT2D eigenvalue weighted by Crippen LogP contribution is 2.39. The Hall–Kier alpha value is -4.45. The van der Waals surface area contributed by atoms with Crippen LogP contribution in [-0.4, -0.2) is 25.7 Å². The minimum atomic E-state index is 0.0388. The molecule has 1 saturated carbocycles. The fourth-order valence-electron chi connectivity index (χ4n) is 5.77. The van der Waals surface area contributed by atoms with Gasteiger partial charge in [0, 0.05) is 37.1 Å². The van der Waals surface area contributed by atoms with E-state index in [9.17, 15) is 4.79 Å². The third-order valence-corrected chi connectivity index (χ3v) is 8.05. The number of ether oxygens (including phenoxy) is 4. The maximum absolute atomic E-state index is 13.4. The molecule has 4 aromatic carbocycles. The number of carbonyl (C=O) groups excluding carboxylic acids is 1. The van der Waals surface area contributed by atoms with Crippen molar-refractivity contribution in [1.29, 1.82) is 0 Å². The summed E-state index contributed by atoms with van der Waals surface area (Å²) in [6.45, 7) is 1.41. The predicted octanol–water partition coefficient (Wildman–Crippen LogP) is 7.70. The minimum Gasteiger partial charge on any atom is -0.493 e. The zero-order chi connectivity index (χ0) is 28.7. The van der Waals surface area contributed by atoms with Gasteiger partial charge in [-0.05, 0) is 54.5 Å². The van der Waals surface area contributed by atoms with Gasteiger partial charge in [-0.1, -0.05) is 66.7 Å². The summed E-state index contributed by atoms with van der Waals surface area (Å²) >= 11 is 0.